The van der Waals surface area contributed by atoms with Crippen LogP contribution in [0, 0.1) is 13.8 Å². The Morgan fingerprint density at radius 2 is 1.78 bits per heavy atom. The first-order valence-electron chi connectivity index (χ1n) is 7.28. The van der Waals surface area contributed by atoms with Crippen molar-refractivity contribution in [1.82, 2.24) is 10.2 Å². The quantitative estimate of drug-likeness (QED) is 0.746. The largest absolute Gasteiger partial charge is 0.464 e. The minimum Gasteiger partial charge on any atom is -0.464 e. The third-order valence-electron chi connectivity index (χ3n) is 3.71. The maximum atomic E-state index is 11.9. The molecule has 3 rings (SSSR count). The fourth-order valence-corrected chi connectivity index (χ4v) is 2.44. The van der Waals surface area contributed by atoms with E-state index < -0.39 is 5.97 Å². The van der Waals surface area contributed by atoms with Crippen LogP contribution in [0.3, 0.4) is 0 Å². The van der Waals surface area contributed by atoms with E-state index in [0.717, 1.165) is 22.2 Å². The topological polar surface area (TPSA) is 64.1 Å². The lowest BCUT2D eigenvalue weighted by Crippen LogP contribution is -2.08. The Balaban J connectivity index is 2.12. The Morgan fingerprint density at radius 1 is 1.04 bits per heavy atom. The second-order valence-corrected chi connectivity index (χ2v) is 5.38. The van der Waals surface area contributed by atoms with Gasteiger partial charge in [-0.25, -0.2) is 4.79 Å². The summed E-state index contributed by atoms with van der Waals surface area (Å²) in [6, 6.07) is 13.7. The van der Waals surface area contributed by atoms with Gasteiger partial charge in [0, 0.05) is 16.5 Å². The molecule has 116 valence electrons. The number of esters is 1. The maximum absolute atomic E-state index is 11.9. The summed E-state index contributed by atoms with van der Waals surface area (Å²) in [4.78, 5) is 11.9. The standard InChI is InChI=1S/C18H17N3O2/c1-11-8-9-12(2)15(10-11)19-17-14-7-5-4-6-13(14)16(20-21-17)18(22)23-3/h4-10H,1-3H3,(H,19,21). The first-order chi connectivity index (χ1) is 11.1. The summed E-state index contributed by atoms with van der Waals surface area (Å²) < 4.78 is 4.78. The van der Waals surface area contributed by atoms with Gasteiger partial charge in [0.25, 0.3) is 0 Å². The lowest BCUT2D eigenvalue weighted by Gasteiger charge is -2.12. The predicted molar refractivity (Wildman–Crippen MR) is 90.1 cm³/mol. The van der Waals surface area contributed by atoms with E-state index in [9.17, 15) is 4.79 Å². The van der Waals surface area contributed by atoms with Crippen LogP contribution in [0.4, 0.5) is 11.5 Å². The van der Waals surface area contributed by atoms with Gasteiger partial charge in [-0.15, -0.1) is 10.2 Å². The molecule has 5 heteroatoms. The van der Waals surface area contributed by atoms with Crippen molar-refractivity contribution < 1.29 is 9.53 Å². The van der Waals surface area contributed by atoms with E-state index >= 15 is 0 Å². The van der Waals surface area contributed by atoms with Crippen LogP contribution < -0.4 is 5.32 Å². The Kier molecular flexibility index (Phi) is 3.93. The number of nitrogens with zero attached hydrogens (tertiary/aromatic N) is 2. The number of carbonyl (C=O) groups is 1. The molecule has 1 N–H and O–H groups in total. The number of benzene rings is 2. The van der Waals surface area contributed by atoms with Gasteiger partial charge in [0.2, 0.25) is 0 Å². The lowest BCUT2D eigenvalue weighted by molar-refractivity contribution is 0.0595. The van der Waals surface area contributed by atoms with Crippen LogP contribution in [0.15, 0.2) is 42.5 Å². The van der Waals surface area contributed by atoms with E-state index in [1.807, 2.05) is 38.1 Å². The van der Waals surface area contributed by atoms with Gasteiger partial charge in [-0.1, -0.05) is 36.4 Å². The van der Waals surface area contributed by atoms with Crippen LogP contribution in [-0.2, 0) is 4.74 Å². The fourth-order valence-electron chi connectivity index (χ4n) is 2.44. The highest BCUT2D eigenvalue weighted by Gasteiger charge is 2.16. The average Bonchev–Trinajstić information content (AvgIpc) is 2.57. The minimum absolute atomic E-state index is 0.217. The Labute approximate surface area is 134 Å². The van der Waals surface area contributed by atoms with E-state index in [1.54, 1.807) is 0 Å². The molecular weight excluding hydrogens is 290 g/mol. The highest BCUT2D eigenvalue weighted by molar-refractivity contribution is 6.05. The number of nitrogens with one attached hydrogen (secondary N) is 1. The van der Waals surface area contributed by atoms with Crippen molar-refractivity contribution in [2.75, 3.05) is 12.4 Å². The summed E-state index contributed by atoms with van der Waals surface area (Å²) >= 11 is 0. The van der Waals surface area contributed by atoms with Gasteiger partial charge in [-0.2, -0.15) is 0 Å². The van der Waals surface area contributed by atoms with Crippen molar-refractivity contribution in [3.05, 3.63) is 59.3 Å². The second-order valence-electron chi connectivity index (χ2n) is 5.38. The summed E-state index contributed by atoms with van der Waals surface area (Å²) in [5, 5.41) is 13.1. The molecule has 2 aromatic carbocycles. The number of rotatable bonds is 3. The van der Waals surface area contributed by atoms with Crippen LogP contribution >= 0.6 is 0 Å². The number of ether oxygens (including phenoxy) is 1. The Bertz CT molecular complexity index is 891. The zero-order valence-electron chi connectivity index (χ0n) is 13.3. The van der Waals surface area contributed by atoms with Crippen LogP contribution in [-0.4, -0.2) is 23.3 Å². The third-order valence-corrected chi connectivity index (χ3v) is 3.71. The number of fused-ring (bicyclic) bond motifs is 1. The normalized spacial score (nSPS) is 10.6. The van der Waals surface area contributed by atoms with E-state index in [0.29, 0.717) is 11.2 Å². The van der Waals surface area contributed by atoms with Gasteiger partial charge in [0.15, 0.2) is 11.5 Å². The first-order valence-corrected chi connectivity index (χ1v) is 7.28. The van der Waals surface area contributed by atoms with Gasteiger partial charge in [-0.05, 0) is 31.0 Å². The summed E-state index contributed by atoms with van der Waals surface area (Å²) in [6.07, 6.45) is 0. The van der Waals surface area contributed by atoms with Crippen LogP contribution in [0.25, 0.3) is 10.8 Å². The monoisotopic (exact) mass is 307 g/mol. The molecule has 1 heterocycles. The molecule has 0 saturated carbocycles. The van der Waals surface area contributed by atoms with Crippen molar-refractivity contribution >= 4 is 28.2 Å². The number of aromatic nitrogens is 2. The molecule has 0 saturated heterocycles. The first kappa shape index (κ1) is 15.0. The zero-order valence-corrected chi connectivity index (χ0v) is 13.3. The molecule has 5 nitrogen and oxygen atoms in total. The number of aryl methyl sites for hydroxylation is 2. The SMILES string of the molecule is COC(=O)c1nnc(Nc2cc(C)ccc2C)c2ccccc12. The van der Waals surface area contributed by atoms with Gasteiger partial charge in [-0.3, -0.25) is 0 Å². The molecule has 0 spiro atoms. The average molecular weight is 307 g/mol. The van der Waals surface area contributed by atoms with Gasteiger partial charge < -0.3 is 10.1 Å². The molecule has 0 radical (unpaired) electrons. The lowest BCUT2D eigenvalue weighted by atomic mass is 10.1. The molecule has 0 aliphatic carbocycles. The zero-order chi connectivity index (χ0) is 16.4. The van der Waals surface area contributed by atoms with Crippen molar-refractivity contribution in [1.29, 1.82) is 0 Å². The third kappa shape index (κ3) is 2.85. The molecule has 0 atom stereocenters. The molecule has 0 fully saturated rings. The molecule has 0 unspecified atom stereocenters. The predicted octanol–water partition coefficient (Wildman–Crippen LogP) is 3.78. The number of hydrogen-bond acceptors (Lipinski definition) is 5. The number of carbonyl (C=O) groups excluding carboxylic acids is 1. The van der Waals surface area contributed by atoms with Crippen molar-refractivity contribution in [3.8, 4) is 0 Å². The highest BCUT2D eigenvalue weighted by atomic mass is 16.5. The van der Waals surface area contributed by atoms with E-state index in [1.165, 1.54) is 7.11 Å². The highest BCUT2D eigenvalue weighted by Crippen LogP contribution is 2.27. The second kappa shape index (κ2) is 6.04. The smallest absolute Gasteiger partial charge is 0.359 e. The maximum Gasteiger partial charge on any atom is 0.359 e. The van der Waals surface area contributed by atoms with Gasteiger partial charge in [0.05, 0.1) is 7.11 Å². The molecule has 0 aliphatic heterocycles. The van der Waals surface area contributed by atoms with Crippen LogP contribution in [0.5, 0.6) is 0 Å². The summed E-state index contributed by atoms with van der Waals surface area (Å²) in [5.74, 6) is 0.119. The van der Waals surface area contributed by atoms with Gasteiger partial charge >= 0.3 is 5.97 Å². The number of methoxy groups -OCH3 is 1. The van der Waals surface area contributed by atoms with Crippen molar-refractivity contribution in [3.63, 3.8) is 0 Å². The van der Waals surface area contributed by atoms with Crippen LogP contribution in [0.2, 0.25) is 0 Å². The Morgan fingerprint density at radius 3 is 2.52 bits per heavy atom. The van der Waals surface area contributed by atoms with Crippen molar-refractivity contribution in [2.45, 2.75) is 13.8 Å². The minimum atomic E-state index is -0.494. The van der Waals surface area contributed by atoms with E-state index in [4.69, 9.17) is 4.74 Å². The summed E-state index contributed by atoms with van der Waals surface area (Å²) in [6.45, 7) is 4.06. The molecular formula is C18H17N3O2. The molecule has 0 aliphatic rings. The summed E-state index contributed by atoms with van der Waals surface area (Å²) in [5.41, 5.74) is 3.45. The van der Waals surface area contributed by atoms with Gasteiger partial charge in [0.1, 0.15) is 0 Å². The molecule has 0 amide bonds. The molecule has 23 heavy (non-hydrogen) atoms. The number of hydrogen-bond donors (Lipinski definition) is 1. The van der Waals surface area contributed by atoms with Crippen molar-refractivity contribution in [2.24, 2.45) is 0 Å². The molecule has 3 aromatic rings. The molecule has 1 aromatic heterocycles. The fraction of sp³-hybridized carbons (Fsp3) is 0.167. The van der Waals surface area contributed by atoms with Crippen LogP contribution in [0.1, 0.15) is 21.6 Å². The van der Waals surface area contributed by atoms with E-state index in [2.05, 4.69) is 33.7 Å². The Hall–Kier alpha value is -2.95. The summed E-state index contributed by atoms with van der Waals surface area (Å²) in [7, 11) is 1.33. The van der Waals surface area contributed by atoms with E-state index in [-0.39, 0.29) is 5.69 Å². The number of anilines is 2. The molecule has 0 bridgehead atoms.